The number of para-hydroxylation sites is 1. The standard InChI is InChI=1S/C27H22FN3O5/c28-20-12-14-21(15-13-20)30-26(34)17-23(27(30)35)31(25(33)16-11-19-7-3-1-4-8-19)29-24(32)18-36-22-9-5-2-6-10-22/h1-16,23H,17-18H2,(H,29,32). The van der Waals surface area contributed by atoms with Crippen molar-refractivity contribution in [3.8, 4) is 5.75 Å². The molecule has 36 heavy (non-hydrogen) atoms. The summed E-state index contributed by atoms with van der Waals surface area (Å²) in [5.41, 5.74) is 3.30. The van der Waals surface area contributed by atoms with Gasteiger partial charge in [-0.25, -0.2) is 14.3 Å². The van der Waals surface area contributed by atoms with Gasteiger partial charge in [0.2, 0.25) is 5.91 Å². The second-order valence-electron chi connectivity index (χ2n) is 7.85. The summed E-state index contributed by atoms with van der Waals surface area (Å²) in [6.07, 6.45) is 2.37. The van der Waals surface area contributed by atoms with Crippen LogP contribution in [0, 0.1) is 5.82 Å². The summed E-state index contributed by atoms with van der Waals surface area (Å²) in [7, 11) is 0. The lowest BCUT2D eigenvalue weighted by Crippen LogP contribution is -2.55. The minimum absolute atomic E-state index is 0.167. The molecule has 1 aliphatic rings. The smallest absolute Gasteiger partial charge is 0.276 e. The van der Waals surface area contributed by atoms with Crippen molar-refractivity contribution < 1.29 is 28.3 Å². The Balaban J connectivity index is 1.54. The Hall–Kier alpha value is -4.79. The minimum Gasteiger partial charge on any atom is -0.484 e. The molecule has 1 fully saturated rings. The van der Waals surface area contributed by atoms with E-state index in [1.165, 1.54) is 24.3 Å². The van der Waals surface area contributed by atoms with Gasteiger partial charge in [0.1, 0.15) is 17.6 Å². The Labute approximate surface area is 206 Å². The minimum atomic E-state index is -1.30. The van der Waals surface area contributed by atoms with Crippen molar-refractivity contribution in [2.75, 3.05) is 11.5 Å². The van der Waals surface area contributed by atoms with Gasteiger partial charge in [0, 0.05) is 6.08 Å². The fourth-order valence-electron chi connectivity index (χ4n) is 3.61. The molecule has 1 aliphatic heterocycles. The van der Waals surface area contributed by atoms with Crippen molar-refractivity contribution in [2.45, 2.75) is 12.5 Å². The molecular formula is C27H22FN3O5. The second kappa shape index (κ2) is 11.1. The number of anilines is 1. The molecule has 0 spiro atoms. The van der Waals surface area contributed by atoms with Gasteiger partial charge in [-0.05, 0) is 48.0 Å². The molecule has 182 valence electrons. The molecule has 0 bridgehead atoms. The summed E-state index contributed by atoms with van der Waals surface area (Å²) in [4.78, 5) is 52.5. The maximum absolute atomic E-state index is 13.3. The number of nitrogens with zero attached hydrogens (tertiary/aromatic N) is 2. The monoisotopic (exact) mass is 487 g/mol. The van der Waals surface area contributed by atoms with E-state index in [1.807, 2.05) is 6.07 Å². The maximum atomic E-state index is 13.3. The lowest BCUT2D eigenvalue weighted by atomic mass is 10.2. The third-order valence-electron chi connectivity index (χ3n) is 5.33. The zero-order valence-electron chi connectivity index (χ0n) is 19.0. The van der Waals surface area contributed by atoms with Gasteiger partial charge >= 0.3 is 0 Å². The number of carbonyl (C=O) groups excluding carboxylic acids is 4. The summed E-state index contributed by atoms with van der Waals surface area (Å²) >= 11 is 0. The summed E-state index contributed by atoms with van der Waals surface area (Å²) in [5.74, 6) is -2.79. The molecule has 1 unspecified atom stereocenters. The molecule has 0 saturated carbocycles. The molecule has 0 aliphatic carbocycles. The molecule has 1 heterocycles. The average Bonchev–Trinajstić information content (AvgIpc) is 3.19. The van der Waals surface area contributed by atoms with Gasteiger partial charge in [-0.3, -0.25) is 24.6 Å². The zero-order valence-corrected chi connectivity index (χ0v) is 19.0. The van der Waals surface area contributed by atoms with E-state index in [2.05, 4.69) is 5.43 Å². The number of imide groups is 1. The maximum Gasteiger partial charge on any atom is 0.276 e. The largest absolute Gasteiger partial charge is 0.484 e. The van der Waals surface area contributed by atoms with E-state index in [4.69, 9.17) is 4.74 Å². The third kappa shape index (κ3) is 5.82. The van der Waals surface area contributed by atoms with Crippen molar-refractivity contribution in [1.29, 1.82) is 0 Å². The molecule has 3 aromatic rings. The Morgan fingerprint density at radius 1 is 0.972 bits per heavy atom. The van der Waals surface area contributed by atoms with Crippen LogP contribution in [0.15, 0.2) is 91.0 Å². The van der Waals surface area contributed by atoms with Crippen LogP contribution in [0.5, 0.6) is 5.75 Å². The lowest BCUT2D eigenvalue weighted by Gasteiger charge is -2.26. The number of nitrogens with one attached hydrogen (secondary N) is 1. The molecule has 1 saturated heterocycles. The molecule has 4 amide bonds. The number of hydrogen-bond donors (Lipinski definition) is 1. The van der Waals surface area contributed by atoms with Crippen LogP contribution in [0.3, 0.4) is 0 Å². The fraction of sp³-hybridized carbons (Fsp3) is 0.111. The number of halogens is 1. The Bertz CT molecular complexity index is 1280. The van der Waals surface area contributed by atoms with Crippen LogP contribution in [0.2, 0.25) is 0 Å². The molecule has 1 atom stereocenters. The predicted octanol–water partition coefficient (Wildman–Crippen LogP) is 3.11. The van der Waals surface area contributed by atoms with Crippen LogP contribution in [0.4, 0.5) is 10.1 Å². The summed E-state index contributed by atoms with van der Waals surface area (Å²) in [6, 6.07) is 21.1. The number of amides is 4. The van der Waals surface area contributed by atoms with Crippen molar-refractivity contribution in [1.82, 2.24) is 10.4 Å². The van der Waals surface area contributed by atoms with Gasteiger partial charge in [-0.2, -0.15) is 0 Å². The van der Waals surface area contributed by atoms with Crippen LogP contribution in [0.25, 0.3) is 6.08 Å². The highest BCUT2D eigenvalue weighted by atomic mass is 19.1. The van der Waals surface area contributed by atoms with Crippen LogP contribution in [0.1, 0.15) is 12.0 Å². The summed E-state index contributed by atoms with van der Waals surface area (Å²) in [6.45, 7) is -0.424. The highest BCUT2D eigenvalue weighted by Crippen LogP contribution is 2.25. The van der Waals surface area contributed by atoms with E-state index in [9.17, 15) is 23.6 Å². The van der Waals surface area contributed by atoms with Gasteiger partial charge in [0.25, 0.3) is 17.7 Å². The predicted molar refractivity (Wildman–Crippen MR) is 130 cm³/mol. The summed E-state index contributed by atoms with van der Waals surface area (Å²) < 4.78 is 18.8. The molecule has 1 N–H and O–H groups in total. The number of hydrazine groups is 1. The van der Waals surface area contributed by atoms with Gasteiger partial charge in [-0.1, -0.05) is 48.5 Å². The SMILES string of the molecule is O=C(COc1ccccc1)NN(C(=O)C=Cc1ccccc1)C1CC(=O)N(c2ccc(F)cc2)C1=O. The fourth-order valence-corrected chi connectivity index (χ4v) is 3.61. The normalized spacial score (nSPS) is 15.2. The van der Waals surface area contributed by atoms with Crippen LogP contribution in [-0.2, 0) is 19.2 Å². The van der Waals surface area contributed by atoms with Crippen molar-refractivity contribution in [3.05, 3.63) is 102 Å². The van der Waals surface area contributed by atoms with Crippen LogP contribution < -0.4 is 15.1 Å². The van der Waals surface area contributed by atoms with E-state index in [-0.39, 0.29) is 12.1 Å². The van der Waals surface area contributed by atoms with Gasteiger partial charge in [-0.15, -0.1) is 0 Å². The number of ether oxygens (including phenoxy) is 1. The number of carbonyl (C=O) groups is 4. The second-order valence-corrected chi connectivity index (χ2v) is 7.85. The number of benzene rings is 3. The topological polar surface area (TPSA) is 96.0 Å². The molecule has 8 nitrogen and oxygen atoms in total. The molecule has 0 aromatic heterocycles. The van der Waals surface area contributed by atoms with Crippen molar-refractivity contribution in [3.63, 3.8) is 0 Å². The highest BCUT2D eigenvalue weighted by molar-refractivity contribution is 6.23. The van der Waals surface area contributed by atoms with Crippen molar-refractivity contribution in [2.24, 2.45) is 0 Å². The van der Waals surface area contributed by atoms with Gasteiger partial charge in [0.15, 0.2) is 6.61 Å². The first-order chi connectivity index (χ1) is 17.4. The summed E-state index contributed by atoms with van der Waals surface area (Å²) in [5, 5.41) is 0.833. The quantitative estimate of drug-likeness (QED) is 0.314. The first kappa shape index (κ1) is 24.3. The zero-order chi connectivity index (χ0) is 25.5. The molecular weight excluding hydrogens is 465 g/mol. The van der Waals surface area contributed by atoms with Gasteiger partial charge < -0.3 is 4.74 Å². The molecule has 9 heteroatoms. The Kier molecular flexibility index (Phi) is 7.50. The van der Waals surface area contributed by atoms with E-state index < -0.39 is 42.1 Å². The highest BCUT2D eigenvalue weighted by Gasteiger charge is 2.45. The molecule has 4 rings (SSSR count). The average molecular weight is 487 g/mol. The molecule has 3 aromatic carbocycles. The first-order valence-electron chi connectivity index (χ1n) is 11.1. The van der Waals surface area contributed by atoms with Crippen molar-refractivity contribution >= 4 is 35.4 Å². The molecule has 0 radical (unpaired) electrons. The third-order valence-corrected chi connectivity index (χ3v) is 5.33. The van der Waals surface area contributed by atoms with Crippen LogP contribution >= 0.6 is 0 Å². The van der Waals surface area contributed by atoms with E-state index >= 15 is 0 Å². The Morgan fingerprint density at radius 3 is 2.28 bits per heavy atom. The lowest BCUT2D eigenvalue weighted by molar-refractivity contribution is -0.144. The van der Waals surface area contributed by atoms with E-state index in [0.717, 1.165) is 27.6 Å². The first-order valence-corrected chi connectivity index (χ1v) is 11.1. The van der Waals surface area contributed by atoms with E-state index in [0.29, 0.717) is 5.75 Å². The number of hydrogen-bond acceptors (Lipinski definition) is 5. The number of rotatable bonds is 7. The van der Waals surface area contributed by atoms with Gasteiger partial charge in [0.05, 0.1) is 12.1 Å². The van der Waals surface area contributed by atoms with E-state index in [1.54, 1.807) is 54.6 Å². The Morgan fingerprint density at radius 2 is 1.61 bits per heavy atom. The van der Waals surface area contributed by atoms with Crippen LogP contribution in [-0.4, -0.2) is 41.3 Å².